The number of aliphatic hydroxyl groups excluding tert-OH is 1. The first-order chi connectivity index (χ1) is 7.09. The number of rotatable bonds is 2. The van der Waals surface area contributed by atoms with Crippen LogP contribution in [-0.2, 0) is 6.54 Å². The first-order valence-corrected chi connectivity index (χ1v) is 4.79. The van der Waals surface area contributed by atoms with Crippen molar-refractivity contribution in [3.8, 4) is 0 Å². The second kappa shape index (κ2) is 3.77. The molecule has 2 aromatic heterocycles. The minimum Gasteiger partial charge on any atom is -0.367 e. The summed E-state index contributed by atoms with van der Waals surface area (Å²) in [6.45, 7) is 1.94. The molecule has 6 heteroatoms. The van der Waals surface area contributed by atoms with Crippen LogP contribution in [0.15, 0.2) is 12.5 Å². The van der Waals surface area contributed by atoms with Gasteiger partial charge in [-0.1, -0.05) is 11.6 Å². The highest BCUT2D eigenvalue weighted by Crippen LogP contribution is 2.24. The number of fused-ring (bicyclic) bond motifs is 1. The Hall–Kier alpha value is -1.17. The minimum absolute atomic E-state index is 0.0671. The van der Waals surface area contributed by atoms with Crippen molar-refractivity contribution in [1.82, 2.24) is 14.5 Å². The van der Waals surface area contributed by atoms with E-state index in [0.29, 0.717) is 10.8 Å². The molecule has 2 N–H and O–H groups in total. The van der Waals surface area contributed by atoms with Crippen LogP contribution in [0.3, 0.4) is 0 Å². The lowest BCUT2D eigenvalue weighted by atomic mass is 10.3. The number of nitrogens with zero attached hydrogens (tertiary/aromatic N) is 3. The average molecular weight is 228 g/mol. The molecule has 0 fully saturated rings. The zero-order chi connectivity index (χ0) is 11.0. The van der Waals surface area contributed by atoms with Crippen LogP contribution < -0.4 is 0 Å². The molecule has 5 nitrogen and oxygen atoms in total. The van der Waals surface area contributed by atoms with E-state index in [0.717, 1.165) is 10.9 Å². The van der Waals surface area contributed by atoms with Gasteiger partial charge in [-0.2, -0.15) is 0 Å². The monoisotopic (exact) mass is 227 g/mol. The van der Waals surface area contributed by atoms with Crippen molar-refractivity contribution in [1.29, 1.82) is 0 Å². The summed E-state index contributed by atoms with van der Waals surface area (Å²) in [6, 6.07) is 0. The van der Waals surface area contributed by atoms with E-state index in [2.05, 4.69) is 9.97 Å². The van der Waals surface area contributed by atoms with Crippen molar-refractivity contribution in [3.63, 3.8) is 0 Å². The molecule has 15 heavy (non-hydrogen) atoms. The van der Waals surface area contributed by atoms with Gasteiger partial charge in [0.25, 0.3) is 0 Å². The van der Waals surface area contributed by atoms with Gasteiger partial charge < -0.3 is 14.8 Å². The third-order valence-corrected chi connectivity index (χ3v) is 2.44. The fraction of sp³-hybridized carbons (Fsp3) is 0.333. The highest BCUT2D eigenvalue weighted by atomic mass is 35.5. The van der Waals surface area contributed by atoms with Crippen LogP contribution in [0.5, 0.6) is 0 Å². The van der Waals surface area contributed by atoms with Crippen LogP contribution in [-0.4, -0.2) is 31.0 Å². The first kappa shape index (κ1) is 10.4. The Balaban J connectivity index is 2.63. The number of aliphatic hydroxyl groups is 2. The summed E-state index contributed by atoms with van der Waals surface area (Å²) in [7, 11) is 0. The average Bonchev–Trinajstić information content (AvgIpc) is 2.44. The van der Waals surface area contributed by atoms with Crippen LogP contribution in [0.25, 0.3) is 11.0 Å². The Morgan fingerprint density at radius 1 is 1.47 bits per heavy atom. The summed E-state index contributed by atoms with van der Waals surface area (Å²) in [4.78, 5) is 7.94. The van der Waals surface area contributed by atoms with Crippen molar-refractivity contribution in [2.24, 2.45) is 0 Å². The highest BCUT2D eigenvalue weighted by Gasteiger charge is 2.12. The van der Waals surface area contributed by atoms with Gasteiger partial charge >= 0.3 is 0 Å². The molecule has 0 spiro atoms. The second-order valence-electron chi connectivity index (χ2n) is 3.31. The predicted molar refractivity (Wildman–Crippen MR) is 55.5 cm³/mol. The van der Waals surface area contributed by atoms with Crippen LogP contribution in [0.2, 0.25) is 5.15 Å². The smallest absolute Gasteiger partial charge is 0.169 e. The van der Waals surface area contributed by atoms with Crippen molar-refractivity contribution in [3.05, 3.63) is 23.2 Å². The number of aromatic nitrogens is 3. The lowest BCUT2D eigenvalue weighted by molar-refractivity contribution is -0.0505. The molecule has 0 aliphatic rings. The predicted octanol–water partition coefficient (Wildman–Crippen LogP) is 0.704. The first-order valence-electron chi connectivity index (χ1n) is 4.41. The standard InChI is InChI=1S/C9H10ClN3O2/c1-5-2-13(3-6(14)15)9-7(5)8(10)11-4-12-9/h2,4,6,14-15H,3H2,1H3. The fourth-order valence-corrected chi connectivity index (χ4v) is 1.86. The molecule has 2 heterocycles. The molecule has 0 saturated carbocycles. The molecule has 2 rings (SSSR count). The van der Waals surface area contributed by atoms with Gasteiger partial charge in [0.2, 0.25) is 0 Å². The third-order valence-electron chi connectivity index (χ3n) is 2.16. The molecule has 0 aliphatic carbocycles. The van der Waals surface area contributed by atoms with E-state index in [1.165, 1.54) is 6.33 Å². The summed E-state index contributed by atoms with van der Waals surface area (Å²) < 4.78 is 1.64. The number of hydrogen-bond donors (Lipinski definition) is 2. The van der Waals surface area contributed by atoms with Gasteiger partial charge in [0, 0.05) is 6.20 Å². The van der Waals surface area contributed by atoms with E-state index in [4.69, 9.17) is 21.8 Å². The fourth-order valence-electron chi connectivity index (χ4n) is 1.59. The van der Waals surface area contributed by atoms with Gasteiger partial charge in [0.15, 0.2) is 6.29 Å². The molecule has 0 aliphatic heterocycles. The Bertz CT molecular complexity index is 495. The molecular weight excluding hydrogens is 218 g/mol. The summed E-state index contributed by atoms with van der Waals surface area (Å²) in [6.07, 6.45) is 1.71. The molecule has 0 amide bonds. The maximum Gasteiger partial charge on any atom is 0.169 e. The van der Waals surface area contributed by atoms with Crippen molar-refractivity contribution in [2.75, 3.05) is 0 Å². The van der Waals surface area contributed by atoms with Gasteiger partial charge in [0.05, 0.1) is 11.9 Å². The number of aryl methyl sites for hydroxylation is 1. The van der Waals surface area contributed by atoms with Gasteiger partial charge in [-0.3, -0.25) is 0 Å². The zero-order valence-electron chi connectivity index (χ0n) is 8.05. The molecule has 0 radical (unpaired) electrons. The highest BCUT2D eigenvalue weighted by molar-refractivity contribution is 6.34. The quantitative estimate of drug-likeness (QED) is 0.585. The van der Waals surface area contributed by atoms with Gasteiger partial charge in [0.1, 0.15) is 17.1 Å². The summed E-state index contributed by atoms with van der Waals surface area (Å²) in [5, 5.41) is 18.9. The molecule has 0 bridgehead atoms. The largest absolute Gasteiger partial charge is 0.367 e. The minimum atomic E-state index is -1.41. The molecule has 0 saturated heterocycles. The van der Waals surface area contributed by atoms with Crippen molar-refractivity contribution < 1.29 is 10.2 Å². The Labute approximate surface area is 91.0 Å². The van der Waals surface area contributed by atoms with Crippen LogP contribution >= 0.6 is 11.6 Å². The van der Waals surface area contributed by atoms with Gasteiger partial charge in [-0.15, -0.1) is 0 Å². The number of hydrogen-bond acceptors (Lipinski definition) is 4. The Morgan fingerprint density at radius 3 is 2.87 bits per heavy atom. The topological polar surface area (TPSA) is 71.2 Å². The van der Waals surface area contributed by atoms with E-state index in [1.807, 2.05) is 6.92 Å². The SMILES string of the molecule is Cc1cn(CC(O)O)c2ncnc(Cl)c12. The molecule has 0 unspecified atom stereocenters. The summed E-state index contributed by atoms with van der Waals surface area (Å²) in [5.74, 6) is 0. The van der Waals surface area contributed by atoms with Gasteiger partial charge in [-0.05, 0) is 12.5 Å². The van der Waals surface area contributed by atoms with E-state index >= 15 is 0 Å². The van der Waals surface area contributed by atoms with E-state index < -0.39 is 6.29 Å². The van der Waals surface area contributed by atoms with E-state index in [1.54, 1.807) is 10.8 Å². The molecule has 0 aromatic carbocycles. The molecule has 80 valence electrons. The van der Waals surface area contributed by atoms with Crippen molar-refractivity contribution in [2.45, 2.75) is 19.8 Å². The van der Waals surface area contributed by atoms with Crippen molar-refractivity contribution >= 4 is 22.6 Å². The number of halogens is 1. The maximum atomic E-state index is 8.90. The summed E-state index contributed by atoms with van der Waals surface area (Å²) in [5.41, 5.74) is 1.52. The van der Waals surface area contributed by atoms with E-state index in [-0.39, 0.29) is 6.54 Å². The zero-order valence-corrected chi connectivity index (χ0v) is 8.81. The maximum absolute atomic E-state index is 8.90. The Kier molecular flexibility index (Phi) is 2.60. The van der Waals surface area contributed by atoms with Gasteiger partial charge in [-0.25, -0.2) is 9.97 Å². The normalized spacial score (nSPS) is 11.5. The lowest BCUT2D eigenvalue weighted by Gasteiger charge is -2.05. The van der Waals surface area contributed by atoms with E-state index in [9.17, 15) is 0 Å². The third kappa shape index (κ3) is 1.81. The van der Waals surface area contributed by atoms with Crippen LogP contribution in [0.4, 0.5) is 0 Å². The van der Waals surface area contributed by atoms with Crippen LogP contribution in [0.1, 0.15) is 5.56 Å². The summed E-state index contributed by atoms with van der Waals surface area (Å²) >= 11 is 5.92. The molecular formula is C9H10ClN3O2. The molecule has 2 aromatic rings. The Morgan fingerprint density at radius 2 is 2.20 bits per heavy atom. The second-order valence-corrected chi connectivity index (χ2v) is 3.67. The lowest BCUT2D eigenvalue weighted by Crippen LogP contribution is -2.14. The van der Waals surface area contributed by atoms with Crippen LogP contribution in [0, 0.1) is 6.92 Å². The molecule has 0 atom stereocenters.